The number of ether oxygens (including phenoxy) is 1. The SMILES string of the molecule is CC1CC(NCc2cccc(C3CC3)c2)CCO1. The van der Waals surface area contributed by atoms with Crippen LogP contribution in [-0.4, -0.2) is 18.8 Å². The molecule has 2 fully saturated rings. The quantitative estimate of drug-likeness (QED) is 0.879. The average Bonchev–Trinajstić information content (AvgIpc) is 3.21. The van der Waals surface area contributed by atoms with Crippen molar-refractivity contribution in [3.05, 3.63) is 35.4 Å². The third kappa shape index (κ3) is 3.12. The molecule has 0 amide bonds. The van der Waals surface area contributed by atoms with Gasteiger partial charge in [0.25, 0.3) is 0 Å². The minimum atomic E-state index is 0.411. The van der Waals surface area contributed by atoms with E-state index >= 15 is 0 Å². The van der Waals surface area contributed by atoms with Crippen LogP contribution in [0.15, 0.2) is 24.3 Å². The lowest BCUT2D eigenvalue weighted by atomic mass is 10.0. The first-order chi connectivity index (χ1) is 8.81. The van der Waals surface area contributed by atoms with Crippen LogP contribution in [0, 0.1) is 0 Å². The molecule has 1 aromatic carbocycles. The molecular weight excluding hydrogens is 222 g/mol. The average molecular weight is 245 g/mol. The molecule has 0 aromatic heterocycles. The van der Waals surface area contributed by atoms with Gasteiger partial charge in [-0.05, 0) is 49.7 Å². The highest BCUT2D eigenvalue weighted by molar-refractivity contribution is 5.29. The highest BCUT2D eigenvalue weighted by Crippen LogP contribution is 2.40. The van der Waals surface area contributed by atoms with Gasteiger partial charge in [-0.3, -0.25) is 0 Å². The predicted octanol–water partition coefficient (Wildman–Crippen LogP) is 3.22. The normalized spacial score (nSPS) is 28.3. The van der Waals surface area contributed by atoms with Crippen LogP contribution in [0.2, 0.25) is 0 Å². The summed E-state index contributed by atoms with van der Waals surface area (Å²) in [6, 6.07) is 9.72. The molecule has 2 nitrogen and oxygen atoms in total. The Kier molecular flexibility index (Phi) is 3.67. The Morgan fingerprint density at radius 2 is 2.17 bits per heavy atom. The fourth-order valence-electron chi connectivity index (χ4n) is 2.82. The molecule has 0 bridgehead atoms. The molecule has 1 aliphatic carbocycles. The van der Waals surface area contributed by atoms with Crippen LogP contribution >= 0.6 is 0 Å². The fourth-order valence-corrected chi connectivity index (χ4v) is 2.82. The van der Waals surface area contributed by atoms with Gasteiger partial charge in [0.2, 0.25) is 0 Å². The third-order valence-corrected chi connectivity index (χ3v) is 4.08. The molecule has 0 spiro atoms. The molecule has 1 aromatic rings. The topological polar surface area (TPSA) is 21.3 Å². The first-order valence-electron chi connectivity index (χ1n) is 7.25. The lowest BCUT2D eigenvalue weighted by Gasteiger charge is -2.28. The van der Waals surface area contributed by atoms with Crippen LogP contribution < -0.4 is 5.32 Å². The van der Waals surface area contributed by atoms with Gasteiger partial charge in [-0.1, -0.05) is 24.3 Å². The van der Waals surface area contributed by atoms with E-state index < -0.39 is 0 Å². The van der Waals surface area contributed by atoms with E-state index in [-0.39, 0.29) is 0 Å². The fraction of sp³-hybridized carbons (Fsp3) is 0.625. The second-order valence-electron chi connectivity index (χ2n) is 5.80. The maximum absolute atomic E-state index is 5.58. The summed E-state index contributed by atoms with van der Waals surface area (Å²) in [5.74, 6) is 0.855. The zero-order chi connectivity index (χ0) is 12.4. The highest BCUT2D eigenvalue weighted by atomic mass is 16.5. The molecule has 1 saturated heterocycles. The molecule has 0 radical (unpaired) electrons. The van der Waals surface area contributed by atoms with E-state index in [0.29, 0.717) is 12.1 Å². The molecule has 3 rings (SSSR count). The summed E-state index contributed by atoms with van der Waals surface area (Å²) in [5, 5.41) is 3.67. The van der Waals surface area contributed by atoms with Gasteiger partial charge in [-0.25, -0.2) is 0 Å². The summed E-state index contributed by atoms with van der Waals surface area (Å²) >= 11 is 0. The Morgan fingerprint density at radius 3 is 2.94 bits per heavy atom. The molecule has 18 heavy (non-hydrogen) atoms. The van der Waals surface area contributed by atoms with E-state index in [1.165, 1.54) is 24.0 Å². The van der Waals surface area contributed by atoms with Crippen molar-refractivity contribution in [3.8, 4) is 0 Å². The number of benzene rings is 1. The molecule has 1 N–H and O–H groups in total. The van der Waals surface area contributed by atoms with E-state index in [9.17, 15) is 0 Å². The summed E-state index contributed by atoms with van der Waals surface area (Å²) in [6.07, 6.45) is 5.46. The van der Waals surface area contributed by atoms with Crippen molar-refractivity contribution in [1.82, 2.24) is 5.32 Å². The lowest BCUT2D eigenvalue weighted by Crippen LogP contribution is -2.37. The van der Waals surface area contributed by atoms with Gasteiger partial charge < -0.3 is 10.1 Å². The number of hydrogen-bond acceptors (Lipinski definition) is 2. The lowest BCUT2D eigenvalue weighted by molar-refractivity contribution is 0.0130. The van der Waals surface area contributed by atoms with Gasteiger partial charge in [0.1, 0.15) is 0 Å². The summed E-state index contributed by atoms with van der Waals surface area (Å²) in [6.45, 7) is 4.07. The molecular formula is C16H23NO. The number of rotatable bonds is 4. The van der Waals surface area contributed by atoms with Crippen LogP contribution in [0.3, 0.4) is 0 Å². The summed E-state index contributed by atoms with van der Waals surface area (Å²) < 4.78 is 5.58. The minimum Gasteiger partial charge on any atom is -0.378 e. The molecule has 2 heteroatoms. The van der Waals surface area contributed by atoms with E-state index in [1.54, 1.807) is 0 Å². The van der Waals surface area contributed by atoms with Crippen molar-refractivity contribution < 1.29 is 4.74 Å². The maximum atomic E-state index is 5.58. The Hall–Kier alpha value is -0.860. The van der Waals surface area contributed by atoms with Crippen LogP contribution in [0.5, 0.6) is 0 Å². The van der Waals surface area contributed by atoms with Gasteiger partial charge in [0, 0.05) is 19.2 Å². The van der Waals surface area contributed by atoms with Gasteiger partial charge in [0.05, 0.1) is 6.10 Å². The van der Waals surface area contributed by atoms with Gasteiger partial charge in [0.15, 0.2) is 0 Å². The second kappa shape index (κ2) is 5.41. The van der Waals surface area contributed by atoms with Crippen LogP contribution in [0.4, 0.5) is 0 Å². The van der Waals surface area contributed by atoms with E-state index in [1.807, 2.05) is 0 Å². The van der Waals surface area contributed by atoms with Gasteiger partial charge in [-0.2, -0.15) is 0 Å². The van der Waals surface area contributed by atoms with E-state index in [4.69, 9.17) is 4.74 Å². The van der Waals surface area contributed by atoms with Crippen molar-refractivity contribution in [2.24, 2.45) is 0 Å². The van der Waals surface area contributed by atoms with Gasteiger partial charge in [-0.15, -0.1) is 0 Å². The zero-order valence-corrected chi connectivity index (χ0v) is 11.2. The van der Waals surface area contributed by atoms with E-state index in [2.05, 4.69) is 36.5 Å². The van der Waals surface area contributed by atoms with Gasteiger partial charge >= 0.3 is 0 Å². The van der Waals surface area contributed by atoms with Crippen molar-refractivity contribution in [2.45, 2.75) is 57.2 Å². The third-order valence-electron chi connectivity index (χ3n) is 4.08. The first-order valence-corrected chi connectivity index (χ1v) is 7.25. The molecule has 2 unspecified atom stereocenters. The van der Waals surface area contributed by atoms with Crippen LogP contribution in [0.1, 0.15) is 49.7 Å². The Labute approximate surface area is 110 Å². The summed E-state index contributed by atoms with van der Waals surface area (Å²) in [5.41, 5.74) is 2.97. The molecule has 1 heterocycles. The number of hydrogen-bond donors (Lipinski definition) is 1. The van der Waals surface area contributed by atoms with Crippen LogP contribution in [0.25, 0.3) is 0 Å². The smallest absolute Gasteiger partial charge is 0.0561 e. The second-order valence-corrected chi connectivity index (χ2v) is 5.80. The minimum absolute atomic E-state index is 0.411. The highest BCUT2D eigenvalue weighted by Gasteiger charge is 2.23. The number of nitrogens with one attached hydrogen (secondary N) is 1. The summed E-state index contributed by atoms with van der Waals surface area (Å²) in [4.78, 5) is 0. The first kappa shape index (κ1) is 12.2. The van der Waals surface area contributed by atoms with Crippen LogP contribution in [-0.2, 0) is 11.3 Å². The van der Waals surface area contributed by atoms with Crippen molar-refractivity contribution >= 4 is 0 Å². The molecule has 2 atom stereocenters. The molecule has 2 aliphatic rings. The Morgan fingerprint density at radius 1 is 1.28 bits per heavy atom. The summed E-state index contributed by atoms with van der Waals surface area (Å²) in [7, 11) is 0. The predicted molar refractivity (Wildman–Crippen MR) is 73.7 cm³/mol. The standard InChI is InChI=1S/C16H23NO/c1-12-9-16(7-8-18-12)17-11-13-3-2-4-15(10-13)14-5-6-14/h2-4,10,12,14,16-17H,5-9,11H2,1H3. The monoisotopic (exact) mass is 245 g/mol. The van der Waals surface area contributed by atoms with Crippen molar-refractivity contribution in [2.75, 3.05) is 6.61 Å². The molecule has 1 aliphatic heterocycles. The Balaban J connectivity index is 1.54. The zero-order valence-electron chi connectivity index (χ0n) is 11.2. The van der Waals surface area contributed by atoms with Crippen molar-refractivity contribution in [1.29, 1.82) is 0 Å². The van der Waals surface area contributed by atoms with E-state index in [0.717, 1.165) is 31.9 Å². The van der Waals surface area contributed by atoms with Crippen molar-refractivity contribution in [3.63, 3.8) is 0 Å². The largest absolute Gasteiger partial charge is 0.378 e. The molecule has 1 saturated carbocycles. The Bertz CT molecular complexity index is 400. The maximum Gasteiger partial charge on any atom is 0.0561 e. The molecule has 98 valence electrons.